The number of hydrogen-bond donors (Lipinski definition) is 3. The van der Waals surface area contributed by atoms with Crippen LogP contribution in [0.5, 0.6) is 0 Å². The Morgan fingerprint density at radius 3 is 2.93 bits per heavy atom. The van der Waals surface area contributed by atoms with Gasteiger partial charge in [-0.05, 0) is 12.3 Å². The molecule has 6 nitrogen and oxygen atoms in total. The van der Waals surface area contributed by atoms with Gasteiger partial charge < -0.3 is 16.3 Å². The van der Waals surface area contributed by atoms with Crippen LogP contribution in [0.2, 0.25) is 0 Å². The Bertz CT molecular complexity index is 392. The molecular weight excluding hydrogens is 198 g/mol. The van der Waals surface area contributed by atoms with Crippen molar-refractivity contribution in [2.24, 2.45) is 34.6 Å². The first kappa shape index (κ1) is 8.70. The van der Waals surface area contributed by atoms with Crippen LogP contribution in [-0.4, -0.2) is 28.8 Å². The molecule has 0 radical (unpaired) electrons. The number of oxime groups is 1. The molecule has 3 aliphatic rings. The number of nitrogens with zero attached hydrogens (tertiary/aromatic N) is 1. The van der Waals surface area contributed by atoms with Crippen molar-refractivity contribution in [1.82, 2.24) is 5.32 Å². The predicted molar refractivity (Wildman–Crippen MR) is 48.9 cm³/mol. The first-order valence-electron chi connectivity index (χ1n) is 4.96. The van der Waals surface area contributed by atoms with Gasteiger partial charge in [0.2, 0.25) is 11.8 Å². The number of carbonyl (C=O) groups is 2. The molecule has 1 heterocycles. The van der Waals surface area contributed by atoms with Crippen molar-refractivity contribution >= 4 is 17.5 Å². The van der Waals surface area contributed by atoms with Crippen LogP contribution in [0.3, 0.4) is 0 Å². The third-order valence-electron chi connectivity index (χ3n) is 3.98. The van der Waals surface area contributed by atoms with Crippen LogP contribution in [0, 0.1) is 23.7 Å². The quantitative estimate of drug-likeness (QED) is 0.368. The first-order chi connectivity index (χ1) is 7.15. The van der Waals surface area contributed by atoms with Gasteiger partial charge in [0.15, 0.2) is 0 Å². The molecule has 2 saturated carbocycles. The summed E-state index contributed by atoms with van der Waals surface area (Å²) in [6.07, 6.45) is 0.723. The van der Waals surface area contributed by atoms with Gasteiger partial charge in [-0.1, -0.05) is 5.16 Å². The fourth-order valence-corrected chi connectivity index (χ4v) is 3.50. The molecule has 5 atom stereocenters. The highest BCUT2D eigenvalue weighted by molar-refractivity contribution is 6.07. The van der Waals surface area contributed by atoms with E-state index in [9.17, 15) is 9.59 Å². The Kier molecular flexibility index (Phi) is 1.45. The molecule has 3 rings (SSSR count). The van der Waals surface area contributed by atoms with E-state index in [-0.39, 0.29) is 29.7 Å². The zero-order chi connectivity index (χ0) is 10.7. The highest BCUT2D eigenvalue weighted by Crippen LogP contribution is 2.53. The van der Waals surface area contributed by atoms with Crippen molar-refractivity contribution in [3.8, 4) is 0 Å². The summed E-state index contributed by atoms with van der Waals surface area (Å²) in [7, 11) is 0. The van der Waals surface area contributed by atoms with E-state index in [0.717, 1.165) is 6.42 Å². The van der Waals surface area contributed by atoms with Gasteiger partial charge >= 0.3 is 0 Å². The molecule has 4 N–H and O–H groups in total. The van der Waals surface area contributed by atoms with Crippen molar-refractivity contribution in [2.75, 3.05) is 0 Å². The van der Waals surface area contributed by atoms with Gasteiger partial charge in [0.1, 0.15) is 0 Å². The molecule has 2 bridgehead atoms. The van der Waals surface area contributed by atoms with Crippen LogP contribution in [0.15, 0.2) is 5.16 Å². The topological polar surface area (TPSA) is 105 Å². The lowest BCUT2D eigenvalue weighted by atomic mass is 9.78. The molecule has 80 valence electrons. The second kappa shape index (κ2) is 2.50. The van der Waals surface area contributed by atoms with Gasteiger partial charge in [-0.3, -0.25) is 9.59 Å². The van der Waals surface area contributed by atoms with Gasteiger partial charge in [0.05, 0.1) is 23.6 Å². The van der Waals surface area contributed by atoms with E-state index in [4.69, 9.17) is 10.9 Å². The summed E-state index contributed by atoms with van der Waals surface area (Å²) in [5.41, 5.74) is 5.81. The van der Waals surface area contributed by atoms with Crippen molar-refractivity contribution in [2.45, 2.75) is 12.5 Å². The minimum Gasteiger partial charge on any atom is -0.411 e. The fraction of sp³-hybridized carbons (Fsp3) is 0.667. The van der Waals surface area contributed by atoms with Gasteiger partial charge in [-0.15, -0.1) is 0 Å². The Hall–Kier alpha value is -1.59. The molecule has 1 saturated heterocycles. The number of nitrogens with one attached hydrogen (secondary N) is 1. The Morgan fingerprint density at radius 2 is 2.33 bits per heavy atom. The molecule has 1 aliphatic heterocycles. The maximum absolute atomic E-state index is 11.6. The maximum Gasteiger partial charge on any atom is 0.224 e. The smallest absolute Gasteiger partial charge is 0.224 e. The van der Waals surface area contributed by atoms with Gasteiger partial charge in [-0.25, -0.2) is 0 Å². The summed E-state index contributed by atoms with van der Waals surface area (Å²) in [4.78, 5) is 22.9. The lowest BCUT2D eigenvalue weighted by Gasteiger charge is -2.23. The number of fused-ring (bicyclic) bond motifs is 1. The summed E-state index contributed by atoms with van der Waals surface area (Å²) < 4.78 is 0. The van der Waals surface area contributed by atoms with Crippen LogP contribution >= 0.6 is 0 Å². The third kappa shape index (κ3) is 0.824. The maximum atomic E-state index is 11.6. The number of primary amides is 1. The van der Waals surface area contributed by atoms with Gasteiger partial charge in [0, 0.05) is 5.92 Å². The summed E-state index contributed by atoms with van der Waals surface area (Å²) in [6.45, 7) is 0. The number of amides is 2. The molecule has 6 heteroatoms. The average Bonchev–Trinajstić information content (AvgIpc) is 2.75. The molecule has 5 unspecified atom stereocenters. The summed E-state index contributed by atoms with van der Waals surface area (Å²) >= 11 is 0. The van der Waals surface area contributed by atoms with Crippen LogP contribution < -0.4 is 11.1 Å². The molecular formula is C9H11N3O3. The lowest BCUT2D eigenvalue weighted by Crippen LogP contribution is -2.41. The van der Waals surface area contributed by atoms with Crippen LogP contribution in [0.4, 0.5) is 0 Å². The standard InChI is InChI=1S/C9H11N3O3/c10-8(13)4-2-1-3-5(4)9(14)11-6(3)7(2)12-15/h2-6,15H,1H2,(H2,10,13)(H,11,14). The molecule has 15 heavy (non-hydrogen) atoms. The number of hydrogen-bond acceptors (Lipinski definition) is 4. The van der Waals surface area contributed by atoms with Crippen molar-refractivity contribution in [3.63, 3.8) is 0 Å². The minimum atomic E-state index is -0.486. The first-order valence-corrected chi connectivity index (χ1v) is 4.96. The largest absolute Gasteiger partial charge is 0.411 e. The highest BCUT2D eigenvalue weighted by atomic mass is 16.4. The fourth-order valence-electron chi connectivity index (χ4n) is 3.50. The van der Waals surface area contributed by atoms with Crippen molar-refractivity contribution < 1.29 is 14.8 Å². The molecule has 0 aromatic heterocycles. The normalized spacial score (nSPS) is 48.7. The molecule has 2 aliphatic carbocycles. The van der Waals surface area contributed by atoms with Crippen LogP contribution in [0.1, 0.15) is 6.42 Å². The van der Waals surface area contributed by atoms with Crippen LogP contribution in [-0.2, 0) is 9.59 Å². The zero-order valence-electron chi connectivity index (χ0n) is 7.88. The summed E-state index contributed by atoms with van der Waals surface area (Å²) in [5, 5.41) is 14.8. The number of rotatable bonds is 1. The van der Waals surface area contributed by atoms with E-state index < -0.39 is 11.8 Å². The van der Waals surface area contributed by atoms with Gasteiger partial charge in [-0.2, -0.15) is 0 Å². The van der Waals surface area contributed by atoms with E-state index in [1.807, 2.05) is 0 Å². The summed E-state index contributed by atoms with van der Waals surface area (Å²) in [5.74, 6) is -1.45. The zero-order valence-corrected chi connectivity index (χ0v) is 7.88. The molecule has 2 amide bonds. The lowest BCUT2D eigenvalue weighted by molar-refractivity contribution is -0.131. The van der Waals surface area contributed by atoms with Crippen molar-refractivity contribution in [1.29, 1.82) is 0 Å². The Morgan fingerprint density at radius 1 is 1.60 bits per heavy atom. The minimum absolute atomic E-state index is 0.0888. The summed E-state index contributed by atoms with van der Waals surface area (Å²) in [6, 6.07) is -0.173. The third-order valence-corrected chi connectivity index (χ3v) is 3.98. The second-order valence-corrected chi connectivity index (χ2v) is 4.47. The molecule has 0 spiro atoms. The van der Waals surface area contributed by atoms with E-state index in [0.29, 0.717) is 5.71 Å². The molecule has 0 aromatic carbocycles. The number of nitrogens with two attached hydrogens (primary N) is 1. The van der Waals surface area contributed by atoms with Crippen molar-refractivity contribution in [3.05, 3.63) is 0 Å². The van der Waals surface area contributed by atoms with E-state index >= 15 is 0 Å². The van der Waals surface area contributed by atoms with Crippen LogP contribution in [0.25, 0.3) is 0 Å². The number of carbonyl (C=O) groups excluding carboxylic acids is 2. The molecule has 0 aromatic rings. The highest BCUT2D eigenvalue weighted by Gasteiger charge is 2.65. The average molecular weight is 209 g/mol. The Balaban J connectivity index is 2.09. The second-order valence-electron chi connectivity index (χ2n) is 4.47. The SMILES string of the molecule is NC(=O)C1C2CC3C(NC(=O)C31)C2=NO. The Labute approximate surface area is 85.5 Å². The predicted octanol–water partition coefficient (Wildman–Crippen LogP) is -1.32. The van der Waals surface area contributed by atoms with E-state index in [1.165, 1.54) is 0 Å². The van der Waals surface area contributed by atoms with E-state index in [2.05, 4.69) is 10.5 Å². The monoisotopic (exact) mass is 209 g/mol. The molecule has 3 fully saturated rings. The van der Waals surface area contributed by atoms with Gasteiger partial charge in [0.25, 0.3) is 0 Å². The van der Waals surface area contributed by atoms with E-state index in [1.54, 1.807) is 0 Å².